The number of hydrogen-bond acceptors (Lipinski definition) is 5. The monoisotopic (exact) mass is 414 g/mol. The molecular weight excluding hydrogens is 391 g/mol. The van der Waals surface area contributed by atoms with Crippen LogP contribution < -0.4 is 26.6 Å². The standard InChI is InChI=1S/C18H24Cl2N4O3/c1-3-5-8-24-16(21)15(17(25)22-18(24)26)23(4-2)9-10-27-14-11-12(19)6-7-13(14)20/h6-7,11H,3-5,8-10,21H2,1-2H3,(H,22,25,26). The summed E-state index contributed by atoms with van der Waals surface area (Å²) in [5.74, 6) is 0.634. The van der Waals surface area contributed by atoms with Crippen molar-refractivity contribution in [2.24, 2.45) is 0 Å². The highest BCUT2D eigenvalue weighted by atomic mass is 35.5. The molecule has 0 radical (unpaired) electrons. The fraction of sp³-hybridized carbons (Fsp3) is 0.444. The van der Waals surface area contributed by atoms with Gasteiger partial charge in [-0.1, -0.05) is 36.5 Å². The zero-order chi connectivity index (χ0) is 20.0. The highest BCUT2D eigenvalue weighted by molar-refractivity contribution is 6.34. The van der Waals surface area contributed by atoms with Crippen molar-refractivity contribution in [3.05, 3.63) is 49.1 Å². The highest BCUT2D eigenvalue weighted by Gasteiger charge is 2.18. The van der Waals surface area contributed by atoms with E-state index in [1.54, 1.807) is 23.1 Å². The zero-order valence-corrected chi connectivity index (χ0v) is 16.9. The van der Waals surface area contributed by atoms with Gasteiger partial charge in [0.1, 0.15) is 23.9 Å². The zero-order valence-electron chi connectivity index (χ0n) is 15.4. The van der Waals surface area contributed by atoms with Crippen LogP contribution in [0.3, 0.4) is 0 Å². The van der Waals surface area contributed by atoms with Gasteiger partial charge in [0.05, 0.1) is 11.6 Å². The van der Waals surface area contributed by atoms with Crippen molar-refractivity contribution in [2.45, 2.75) is 33.2 Å². The number of nitrogen functional groups attached to an aromatic ring is 1. The van der Waals surface area contributed by atoms with Gasteiger partial charge in [-0.15, -0.1) is 0 Å². The first kappa shape index (κ1) is 21.2. The maximum atomic E-state index is 12.3. The van der Waals surface area contributed by atoms with Crippen LogP contribution in [0.15, 0.2) is 27.8 Å². The summed E-state index contributed by atoms with van der Waals surface area (Å²) in [5, 5.41) is 0.971. The molecule has 148 valence electrons. The Morgan fingerprint density at radius 1 is 1.26 bits per heavy atom. The summed E-state index contributed by atoms with van der Waals surface area (Å²) in [6, 6.07) is 4.96. The van der Waals surface area contributed by atoms with Gasteiger partial charge < -0.3 is 15.4 Å². The Kier molecular flexibility index (Phi) is 7.62. The number of ether oxygens (including phenoxy) is 1. The normalized spacial score (nSPS) is 10.8. The number of H-pyrrole nitrogens is 1. The fourth-order valence-electron chi connectivity index (χ4n) is 2.70. The third kappa shape index (κ3) is 5.20. The van der Waals surface area contributed by atoms with Crippen LogP contribution in [0.2, 0.25) is 10.0 Å². The maximum absolute atomic E-state index is 12.3. The maximum Gasteiger partial charge on any atom is 0.330 e. The van der Waals surface area contributed by atoms with E-state index in [1.807, 2.05) is 13.8 Å². The van der Waals surface area contributed by atoms with Gasteiger partial charge in [0.25, 0.3) is 5.56 Å². The number of aromatic nitrogens is 2. The number of likely N-dealkylation sites (N-methyl/N-ethyl adjacent to an activating group) is 1. The van der Waals surface area contributed by atoms with Crippen LogP contribution in [0, 0.1) is 0 Å². The lowest BCUT2D eigenvalue weighted by Crippen LogP contribution is -2.39. The highest BCUT2D eigenvalue weighted by Crippen LogP contribution is 2.27. The first-order valence-electron chi connectivity index (χ1n) is 8.84. The lowest BCUT2D eigenvalue weighted by molar-refractivity contribution is 0.324. The summed E-state index contributed by atoms with van der Waals surface area (Å²) in [6.45, 7) is 5.54. The van der Waals surface area contributed by atoms with Gasteiger partial charge in [-0.05, 0) is 25.5 Å². The predicted octanol–water partition coefficient (Wildman–Crippen LogP) is 3.13. The molecule has 0 aliphatic heterocycles. The van der Waals surface area contributed by atoms with Crippen LogP contribution in [0.1, 0.15) is 26.7 Å². The van der Waals surface area contributed by atoms with Crippen LogP contribution in [0.4, 0.5) is 11.5 Å². The molecule has 0 bridgehead atoms. The number of anilines is 2. The second-order valence-corrected chi connectivity index (χ2v) is 6.84. The van der Waals surface area contributed by atoms with Crippen LogP contribution in [0.25, 0.3) is 0 Å². The third-order valence-corrected chi connectivity index (χ3v) is 4.71. The molecule has 9 heteroatoms. The summed E-state index contributed by atoms with van der Waals surface area (Å²) < 4.78 is 7.09. The molecule has 2 aromatic rings. The predicted molar refractivity (Wildman–Crippen MR) is 110 cm³/mol. The average Bonchev–Trinajstić information content (AvgIpc) is 2.62. The van der Waals surface area contributed by atoms with Crippen molar-refractivity contribution in [1.82, 2.24) is 9.55 Å². The quantitative estimate of drug-likeness (QED) is 0.657. The molecule has 27 heavy (non-hydrogen) atoms. The molecule has 7 nitrogen and oxygen atoms in total. The number of aromatic amines is 1. The first-order valence-corrected chi connectivity index (χ1v) is 9.60. The Labute approximate surface area is 167 Å². The summed E-state index contributed by atoms with van der Waals surface area (Å²) in [7, 11) is 0. The minimum Gasteiger partial charge on any atom is -0.490 e. The van der Waals surface area contributed by atoms with E-state index in [9.17, 15) is 9.59 Å². The second kappa shape index (κ2) is 9.71. The molecule has 0 atom stereocenters. The van der Waals surface area contributed by atoms with E-state index in [0.29, 0.717) is 35.4 Å². The Morgan fingerprint density at radius 3 is 2.67 bits per heavy atom. The van der Waals surface area contributed by atoms with Crippen molar-refractivity contribution >= 4 is 34.7 Å². The minimum absolute atomic E-state index is 0.167. The number of nitrogens with one attached hydrogen (secondary N) is 1. The minimum atomic E-state index is -0.507. The Balaban J connectivity index is 2.20. The number of unbranched alkanes of at least 4 members (excludes halogenated alkanes) is 1. The van der Waals surface area contributed by atoms with E-state index in [-0.39, 0.29) is 18.1 Å². The lowest BCUT2D eigenvalue weighted by atomic mass is 10.3. The Bertz CT molecular complexity index is 895. The molecule has 0 saturated carbocycles. The second-order valence-electron chi connectivity index (χ2n) is 6.00. The number of hydrogen-bond donors (Lipinski definition) is 2. The number of nitrogens with zero attached hydrogens (tertiary/aromatic N) is 2. The molecule has 0 unspecified atom stereocenters. The van der Waals surface area contributed by atoms with E-state index in [0.717, 1.165) is 12.8 Å². The van der Waals surface area contributed by atoms with E-state index in [2.05, 4.69) is 4.98 Å². The number of nitrogens with two attached hydrogens (primary N) is 1. The molecule has 0 saturated heterocycles. The van der Waals surface area contributed by atoms with Gasteiger partial charge >= 0.3 is 5.69 Å². The van der Waals surface area contributed by atoms with Crippen LogP contribution in [-0.4, -0.2) is 29.2 Å². The van der Waals surface area contributed by atoms with E-state index < -0.39 is 11.2 Å². The average molecular weight is 415 g/mol. The molecular formula is C18H24Cl2N4O3. The SMILES string of the molecule is CCCCn1c(N)c(N(CC)CCOc2cc(Cl)ccc2Cl)c(=O)[nH]c1=O. The topological polar surface area (TPSA) is 93.3 Å². The summed E-state index contributed by atoms with van der Waals surface area (Å²) in [6.07, 6.45) is 1.70. The van der Waals surface area contributed by atoms with E-state index >= 15 is 0 Å². The first-order chi connectivity index (χ1) is 12.9. The van der Waals surface area contributed by atoms with Gasteiger partial charge in [0.2, 0.25) is 0 Å². The van der Waals surface area contributed by atoms with Crippen molar-refractivity contribution in [3.8, 4) is 5.75 Å². The van der Waals surface area contributed by atoms with Gasteiger partial charge in [-0.3, -0.25) is 14.3 Å². The molecule has 1 aromatic carbocycles. The molecule has 3 N–H and O–H groups in total. The van der Waals surface area contributed by atoms with Crippen LogP contribution in [0.5, 0.6) is 5.75 Å². The molecule has 2 rings (SSSR count). The van der Waals surface area contributed by atoms with E-state index in [1.165, 1.54) is 4.57 Å². The van der Waals surface area contributed by atoms with Crippen molar-refractivity contribution < 1.29 is 4.74 Å². The smallest absolute Gasteiger partial charge is 0.330 e. The lowest BCUT2D eigenvalue weighted by Gasteiger charge is -2.25. The Hall–Kier alpha value is -2.12. The van der Waals surface area contributed by atoms with Gasteiger partial charge in [-0.2, -0.15) is 0 Å². The summed E-state index contributed by atoms with van der Waals surface area (Å²) in [5.41, 5.74) is 5.42. The Morgan fingerprint density at radius 2 is 2.00 bits per heavy atom. The molecule has 0 fully saturated rings. The van der Waals surface area contributed by atoms with Crippen molar-refractivity contribution in [2.75, 3.05) is 30.3 Å². The third-order valence-electron chi connectivity index (χ3n) is 4.16. The molecule has 0 amide bonds. The van der Waals surface area contributed by atoms with Crippen LogP contribution >= 0.6 is 23.2 Å². The van der Waals surface area contributed by atoms with Crippen molar-refractivity contribution in [1.29, 1.82) is 0 Å². The number of benzene rings is 1. The molecule has 1 heterocycles. The molecule has 0 aliphatic rings. The molecule has 0 aliphatic carbocycles. The molecule has 1 aromatic heterocycles. The van der Waals surface area contributed by atoms with E-state index in [4.69, 9.17) is 33.7 Å². The van der Waals surface area contributed by atoms with Gasteiger partial charge in [0, 0.05) is 24.2 Å². The summed E-state index contributed by atoms with van der Waals surface area (Å²) >= 11 is 12.0. The fourth-order valence-corrected chi connectivity index (χ4v) is 3.04. The number of halogens is 2. The summed E-state index contributed by atoms with van der Waals surface area (Å²) in [4.78, 5) is 28.5. The van der Waals surface area contributed by atoms with Gasteiger partial charge in [0.15, 0.2) is 0 Å². The van der Waals surface area contributed by atoms with Gasteiger partial charge in [-0.25, -0.2) is 4.79 Å². The molecule has 0 spiro atoms. The largest absolute Gasteiger partial charge is 0.490 e. The van der Waals surface area contributed by atoms with Crippen LogP contribution in [-0.2, 0) is 6.54 Å². The number of rotatable bonds is 9. The van der Waals surface area contributed by atoms with Crippen molar-refractivity contribution in [3.63, 3.8) is 0 Å².